The Morgan fingerprint density at radius 1 is 1.67 bits per heavy atom. The third-order valence-electron chi connectivity index (χ3n) is 2.55. The lowest BCUT2D eigenvalue weighted by molar-refractivity contribution is 0.382. The number of nitrogens with two attached hydrogens (primary N) is 1. The summed E-state index contributed by atoms with van der Waals surface area (Å²) in [6.45, 7) is 5.86. The minimum Gasteiger partial charge on any atom is -0.370 e. The first-order valence-electron chi connectivity index (χ1n) is 5.13. The first-order valence-corrected chi connectivity index (χ1v) is 5.92. The second-order valence-corrected chi connectivity index (χ2v) is 4.96. The summed E-state index contributed by atoms with van der Waals surface area (Å²) in [5, 5.41) is 7.48. The van der Waals surface area contributed by atoms with Crippen LogP contribution in [0.2, 0.25) is 0 Å². The lowest BCUT2D eigenvalue weighted by Gasteiger charge is -2.24. The summed E-state index contributed by atoms with van der Waals surface area (Å²) in [7, 11) is 0. The number of nitrogens with one attached hydrogen (secondary N) is 1. The summed E-state index contributed by atoms with van der Waals surface area (Å²) in [4.78, 5) is 1.91. The Balaban J connectivity index is 2.83. The minimum atomic E-state index is 0.162. The highest BCUT2D eigenvalue weighted by Crippen LogP contribution is 2.20. The van der Waals surface area contributed by atoms with Gasteiger partial charge < -0.3 is 10.6 Å². The van der Waals surface area contributed by atoms with Gasteiger partial charge in [-0.3, -0.25) is 5.41 Å². The number of allylic oxidation sites excluding steroid dienone is 2. The van der Waals surface area contributed by atoms with Crippen LogP contribution in [0.4, 0.5) is 0 Å². The SMILES string of the molecule is CC1=C(\Br)CCN(C(=N)N)CC(C)/C=C\1. The van der Waals surface area contributed by atoms with Crippen molar-refractivity contribution >= 4 is 21.9 Å². The third kappa shape index (κ3) is 3.70. The molecule has 1 aliphatic heterocycles. The van der Waals surface area contributed by atoms with Gasteiger partial charge in [0.05, 0.1) is 0 Å². The second-order valence-electron chi connectivity index (χ2n) is 4.01. The van der Waals surface area contributed by atoms with E-state index in [2.05, 4.69) is 41.9 Å². The molecule has 3 nitrogen and oxygen atoms in total. The maximum atomic E-state index is 7.48. The van der Waals surface area contributed by atoms with Crippen LogP contribution in [0.15, 0.2) is 22.2 Å². The molecule has 1 atom stereocenters. The van der Waals surface area contributed by atoms with E-state index in [0.717, 1.165) is 19.5 Å². The predicted molar refractivity (Wildman–Crippen MR) is 68.0 cm³/mol. The molecule has 0 aromatic rings. The van der Waals surface area contributed by atoms with Gasteiger partial charge in [-0.05, 0) is 29.3 Å². The lowest BCUT2D eigenvalue weighted by Crippen LogP contribution is -2.39. The zero-order chi connectivity index (χ0) is 11.4. The van der Waals surface area contributed by atoms with Crippen molar-refractivity contribution in [3.63, 3.8) is 0 Å². The molecule has 4 heteroatoms. The number of nitrogens with zero attached hydrogens (tertiary/aromatic N) is 1. The predicted octanol–water partition coefficient (Wildman–Crippen LogP) is 2.45. The van der Waals surface area contributed by atoms with Crippen molar-refractivity contribution < 1.29 is 0 Å². The molecule has 0 aromatic heterocycles. The summed E-state index contributed by atoms with van der Waals surface area (Å²) < 4.78 is 1.19. The van der Waals surface area contributed by atoms with E-state index >= 15 is 0 Å². The normalized spacial score (nSPS) is 30.3. The fourth-order valence-corrected chi connectivity index (χ4v) is 1.86. The number of hydrogen-bond donors (Lipinski definition) is 2. The van der Waals surface area contributed by atoms with Crippen LogP contribution in [0.3, 0.4) is 0 Å². The van der Waals surface area contributed by atoms with Crippen LogP contribution in [0.5, 0.6) is 0 Å². The molecule has 15 heavy (non-hydrogen) atoms. The summed E-state index contributed by atoms with van der Waals surface area (Å²) in [6, 6.07) is 0. The van der Waals surface area contributed by atoms with Crippen molar-refractivity contribution in [3.8, 4) is 0 Å². The first-order chi connectivity index (χ1) is 7.00. The van der Waals surface area contributed by atoms with E-state index in [4.69, 9.17) is 11.1 Å². The van der Waals surface area contributed by atoms with Gasteiger partial charge in [0.1, 0.15) is 0 Å². The standard InChI is InChI=1S/C11H18BrN3/c1-8-3-4-9(2)10(12)5-6-15(7-8)11(13)14/h3-4,8H,5-7H2,1-2H3,(H3,13,14)/b4-3-,10-9+. The summed E-state index contributed by atoms with van der Waals surface area (Å²) >= 11 is 3.56. The topological polar surface area (TPSA) is 53.1 Å². The van der Waals surface area contributed by atoms with E-state index in [1.807, 2.05) is 4.90 Å². The van der Waals surface area contributed by atoms with Crippen molar-refractivity contribution in [2.75, 3.05) is 13.1 Å². The molecule has 0 bridgehead atoms. The largest absolute Gasteiger partial charge is 0.370 e. The maximum absolute atomic E-state index is 7.48. The van der Waals surface area contributed by atoms with Crippen LogP contribution in [0.25, 0.3) is 0 Å². The molecule has 0 aliphatic carbocycles. The first kappa shape index (κ1) is 12.3. The van der Waals surface area contributed by atoms with E-state index in [1.54, 1.807) is 0 Å². The Hall–Kier alpha value is -0.770. The van der Waals surface area contributed by atoms with Gasteiger partial charge in [-0.2, -0.15) is 0 Å². The van der Waals surface area contributed by atoms with E-state index < -0.39 is 0 Å². The zero-order valence-electron chi connectivity index (χ0n) is 9.26. The Morgan fingerprint density at radius 2 is 2.33 bits per heavy atom. The molecule has 1 heterocycles. The quantitative estimate of drug-likeness (QED) is 0.525. The van der Waals surface area contributed by atoms with Gasteiger partial charge in [-0.15, -0.1) is 0 Å². The number of hydrogen-bond acceptors (Lipinski definition) is 1. The van der Waals surface area contributed by atoms with Crippen molar-refractivity contribution in [2.24, 2.45) is 11.7 Å². The maximum Gasteiger partial charge on any atom is 0.188 e. The number of halogens is 1. The molecular weight excluding hydrogens is 254 g/mol. The molecule has 0 fully saturated rings. The summed E-state index contributed by atoms with van der Waals surface area (Å²) in [6.07, 6.45) is 5.21. The van der Waals surface area contributed by atoms with Crippen molar-refractivity contribution in [3.05, 3.63) is 22.2 Å². The highest BCUT2D eigenvalue weighted by Gasteiger charge is 2.12. The van der Waals surface area contributed by atoms with Gasteiger partial charge in [-0.25, -0.2) is 0 Å². The molecule has 0 amide bonds. The third-order valence-corrected chi connectivity index (χ3v) is 3.57. The molecule has 3 N–H and O–H groups in total. The molecule has 1 unspecified atom stereocenters. The average molecular weight is 272 g/mol. The second kappa shape index (κ2) is 5.35. The minimum absolute atomic E-state index is 0.162. The molecule has 0 aromatic carbocycles. The molecule has 1 rings (SSSR count). The van der Waals surface area contributed by atoms with Crippen LogP contribution in [-0.4, -0.2) is 23.9 Å². The molecular formula is C11H18BrN3. The molecule has 84 valence electrons. The molecule has 0 saturated heterocycles. The number of rotatable bonds is 0. The van der Waals surface area contributed by atoms with E-state index in [1.165, 1.54) is 10.1 Å². The monoisotopic (exact) mass is 271 g/mol. The van der Waals surface area contributed by atoms with Crippen molar-refractivity contribution in [1.29, 1.82) is 5.41 Å². The van der Waals surface area contributed by atoms with E-state index in [9.17, 15) is 0 Å². The average Bonchev–Trinajstić information content (AvgIpc) is 2.23. The smallest absolute Gasteiger partial charge is 0.188 e. The molecule has 0 radical (unpaired) electrons. The van der Waals surface area contributed by atoms with Crippen LogP contribution in [0.1, 0.15) is 20.3 Å². The Kier molecular flexibility index (Phi) is 4.39. The van der Waals surface area contributed by atoms with Crippen molar-refractivity contribution in [1.82, 2.24) is 4.90 Å². The van der Waals surface area contributed by atoms with Gasteiger partial charge >= 0.3 is 0 Å². The van der Waals surface area contributed by atoms with Crippen LogP contribution >= 0.6 is 15.9 Å². The fourth-order valence-electron chi connectivity index (χ4n) is 1.55. The highest BCUT2D eigenvalue weighted by molar-refractivity contribution is 9.11. The van der Waals surface area contributed by atoms with Gasteiger partial charge in [0.2, 0.25) is 0 Å². The van der Waals surface area contributed by atoms with Gasteiger partial charge in [-0.1, -0.05) is 35.0 Å². The molecule has 1 aliphatic rings. The van der Waals surface area contributed by atoms with Gasteiger partial charge in [0.15, 0.2) is 5.96 Å². The Bertz CT molecular complexity index is 307. The number of guanidine groups is 1. The molecule has 0 saturated carbocycles. The van der Waals surface area contributed by atoms with Gasteiger partial charge in [0, 0.05) is 13.1 Å². The summed E-state index contributed by atoms with van der Waals surface area (Å²) in [5.74, 6) is 0.581. The molecule has 0 spiro atoms. The van der Waals surface area contributed by atoms with Crippen molar-refractivity contribution in [2.45, 2.75) is 20.3 Å². The van der Waals surface area contributed by atoms with Crippen LogP contribution < -0.4 is 5.73 Å². The zero-order valence-corrected chi connectivity index (χ0v) is 10.8. The lowest BCUT2D eigenvalue weighted by atomic mass is 10.1. The summed E-state index contributed by atoms with van der Waals surface area (Å²) in [5.41, 5.74) is 6.79. The van der Waals surface area contributed by atoms with E-state index in [-0.39, 0.29) is 5.96 Å². The Labute approximate surface area is 99.7 Å². The van der Waals surface area contributed by atoms with E-state index in [0.29, 0.717) is 5.92 Å². The van der Waals surface area contributed by atoms with Gasteiger partial charge in [0.25, 0.3) is 0 Å². The van der Waals surface area contributed by atoms with Crippen LogP contribution in [0, 0.1) is 11.3 Å². The highest BCUT2D eigenvalue weighted by atomic mass is 79.9. The fraction of sp³-hybridized carbons (Fsp3) is 0.545. The Morgan fingerprint density at radius 3 is 2.93 bits per heavy atom. The van der Waals surface area contributed by atoms with Crippen LogP contribution in [-0.2, 0) is 0 Å².